The lowest BCUT2D eigenvalue weighted by Gasteiger charge is -2.07. The molecule has 0 heterocycles. The highest BCUT2D eigenvalue weighted by molar-refractivity contribution is 5.90. The number of benzene rings is 1. The van der Waals surface area contributed by atoms with E-state index in [1.165, 1.54) is 12.1 Å². The number of rotatable bonds is 6. The molecule has 0 unspecified atom stereocenters. The van der Waals surface area contributed by atoms with Crippen LogP contribution in [0.1, 0.15) is 26.3 Å². The molecule has 1 aromatic carbocycles. The van der Waals surface area contributed by atoms with Gasteiger partial charge in [0.2, 0.25) is 0 Å². The van der Waals surface area contributed by atoms with Gasteiger partial charge in [-0.05, 0) is 32.4 Å². The van der Waals surface area contributed by atoms with E-state index < -0.39 is 5.97 Å². The highest BCUT2D eigenvalue weighted by Gasteiger charge is 2.06. The van der Waals surface area contributed by atoms with Gasteiger partial charge in [-0.15, -0.1) is 0 Å². The lowest BCUT2D eigenvalue weighted by atomic mass is 10.1. The van der Waals surface area contributed by atoms with Crippen molar-refractivity contribution >= 4 is 11.5 Å². The first-order valence-electron chi connectivity index (χ1n) is 6.22. The Morgan fingerprint density at radius 2 is 2.00 bits per heavy atom. The second kappa shape index (κ2) is 7.69. The standard InChI is InChI=1S/C15H19FO3/c1-11(2)18-8-9-19-15(17)10-12(3)13-6-4-5-7-14(13)16/h4-7,10-11H,8-9H2,1-3H3. The molecule has 0 bridgehead atoms. The molecule has 0 saturated heterocycles. The molecular weight excluding hydrogens is 247 g/mol. The third-order valence-electron chi connectivity index (χ3n) is 2.41. The minimum absolute atomic E-state index is 0.106. The molecule has 0 atom stereocenters. The molecule has 19 heavy (non-hydrogen) atoms. The summed E-state index contributed by atoms with van der Waals surface area (Å²) in [5, 5.41) is 0. The third kappa shape index (κ3) is 5.66. The molecule has 0 amide bonds. The smallest absolute Gasteiger partial charge is 0.331 e. The van der Waals surface area contributed by atoms with Crippen LogP contribution in [0.25, 0.3) is 5.57 Å². The summed E-state index contributed by atoms with van der Waals surface area (Å²) in [7, 11) is 0. The van der Waals surface area contributed by atoms with Crippen LogP contribution >= 0.6 is 0 Å². The number of ether oxygens (including phenoxy) is 2. The summed E-state index contributed by atoms with van der Waals surface area (Å²) in [6.45, 7) is 6.03. The SMILES string of the molecule is CC(=CC(=O)OCCOC(C)C)c1ccccc1F. The molecule has 1 rings (SSSR count). The first-order valence-corrected chi connectivity index (χ1v) is 6.22. The Morgan fingerprint density at radius 1 is 1.32 bits per heavy atom. The fraction of sp³-hybridized carbons (Fsp3) is 0.400. The normalized spacial score (nSPS) is 11.7. The van der Waals surface area contributed by atoms with Crippen LogP contribution in [0, 0.1) is 5.82 Å². The quantitative estimate of drug-likeness (QED) is 0.450. The monoisotopic (exact) mass is 266 g/mol. The molecule has 0 aromatic heterocycles. The Balaban J connectivity index is 2.50. The zero-order chi connectivity index (χ0) is 14.3. The van der Waals surface area contributed by atoms with Crippen molar-refractivity contribution in [2.24, 2.45) is 0 Å². The van der Waals surface area contributed by atoms with Gasteiger partial charge in [0.25, 0.3) is 0 Å². The zero-order valence-corrected chi connectivity index (χ0v) is 11.5. The molecule has 0 aliphatic heterocycles. The van der Waals surface area contributed by atoms with E-state index in [9.17, 15) is 9.18 Å². The Hall–Kier alpha value is -1.68. The average Bonchev–Trinajstić information content (AvgIpc) is 2.35. The van der Waals surface area contributed by atoms with E-state index in [0.717, 1.165) is 0 Å². The number of hydrogen-bond donors (Lipinski definition) is 0. The van der Waals surface area contributed by atoms with Gasteiger partial charge in [0.05, 0.1) is 12.7 Å². The van der Waals surface area contributed by atoms with Crippen LogP contribution in [-0.4, -0.2) is 25.3 Å². The maximum absolute atomic E-state index is 13.5. The van der Waals surface area contributed by atoms with Crippen LogP contribution in [0.2, 0.25) is 0 Å². The van der Waals surface area contributed by atoms with E-state index in [0.29, 0.717) is 17.7 Å². The number of allylic oxidation sites excluding steroid dienone is 1. The van der Waals surface area contributed by atoms with Crippen molar-refractivity contribution in [2.75, 3.05) is 13.2 Å². The molecule has 0 radical (unpaired) electrons. The summed E-state index contributed by atoms with van der Waals surface area (Å²) in [6, 6.07) is 6.30. The van der Waals surface area contributed by atoms with Gasteiger partial charge >= 0.3 is 5.97 Å². The number of carbonyl (C=O) groups excluding carboxylic acids is 1. The highest BCUT2D eigenvalue weighted by Crippen LogP contribution is 2.17. The highest BCUT2D eigenvalue weighted by atomic mass is 19.1. The largest absolute Gasteiger partial charge is 0.460 e. The molecule has 4 heteroatoms. The van der Waals surface area contributed by atoms with Gasteiger partial charge < -0.3 is 9.47 Å². The lowest BCUT2D eigenvalue weighted by Crippen LogP contribution is -2.12. The average molecular weight is 266 g/mol. The van der Waals surface area contributed by atoms with E-state index in [-0.39, 0.29) is 18.5 Å². The van der Waals surface area contributed by atoms with Crippen LogP contribution in [0.5, 0.6) is 0 Å². The van der Waals surface area contributed by atoms with Crippen LogP contribution in [0.4, 0.5) is 4.39 Å². The van der Waals surface area contributed by atoms with E-state index in [1.54, 1.807) is 25.1 Å². The van der Waals surface area contributed by atoms with Crippen molar-refractivity contribution in [3.8, 4) is 0 Å². The Bertz CT molecular complexity index is 452. The van der Waals surface area contributed by atoms with Crippen molar-refractivity contribution in [2.45, 2.75) is 26.9 Å². The summed E-state index contributed by atoms with van der Waals surface area (Å²) < 4.78 is 23.7. The summed E-state index contributed by atoms with van der Waals surface area (Å²) in [5.41, 5.74) is 0.936. The van der Waals surface area contributed by atoms with Gasteiger partial charge in [-0.2, -0.15) is 0 Å². The van der Waals surface area contributed by atoms with Crippen molar-refractivity contribution in [3.05, 3.63) is 41.7 Å². The van der Waals surface area contributed by atoms with Crippen LogP contribution in [0.15, 0.2) is 30.3 Å². The molecule has 0 fully saturated rings. The summed E-state index contributed by atoms with van der Waals surface area (Å²) in [4.78, 5) is 11.5. The molecule has 104 valence electrons. The third-order valence-corrected chi connectivity index (χ3v) is 2.41. The lowest BCUT2D eigenvalue weighted by molar-refractivity contribution is -0.139. The summed E-state index contributed by atoms with van der Waals surface area (Å²) >= 11 is 0. The van der Waals surface area contributed by atoms with Gasteiger partial charge in [-0.25, -0.2) is 9.18 Å². The number of halogens is 1. The van der Waals surface area contributed by atoms with Crippen molar-refractivity contribution in [3.63, 3.8) is 0 Å². The van der Waals surface area contributed by atoms with E-state index >= 15 is 0 Å². The Kier molecular flexibility index (Phi) is 6.22. The molecule has 0 aliphatic carbocycles. The molecule has 1 aromatic rings. The van der Waals surface area contributed by atoms with Gasteiger partial charge in [0.15, 0.2) is 0 Å². The van der Waals surface area contributed by atoms with Crippen molar-refractivity contribution in [1.82, 2.24) is 0 Å². The van der Waals surface area contributed by atoms with E-state index in [2.05, 4.69) is 0 Å². The van der Waals surface area contributed by atoms with Crippen molar-refractivity contribution in [1.29, 1.82) is 0 Å². The molecular formula is C15H19FO3. The topological polar surface area (TPSA) is 35.5 Å². The van der Waals surface area contributed by atoms with Gasteiger partial charge in [0, 0.05) is 11.6 Å². The maximum atomic E-state index is 13.5. The fourth-order valence-electron chi connectivity index (χ4n) is 1.50. The molecule has 0 N–H and O–H groups in total. The predicted octanol–water partition coefficient (Wildman–Crippen LogP) is 3.20. The number of hydrogen-bond acceptors (Lipinski definition) is 3. The van der Waals surface area contributed by atoms with E-state index in [4.69, 9.17) is 9.47 Å². The summed E-state index contributed by atoms with van der Waals surface area (Å²) in [5.74, 6) is -0.847. The number of esters is 1. The van der Waals surface area contributed by atoms with Crippen LogP contribution < -0.4 is 0 Å². The fourth-order valence-corrected chi connectivity index (χ4v) is 1.50. The maximum Gasteiger partial charge on any atom is 0.331 e. The number of carbonyl (C=O) groups is 1. The minimum Gasteiger partial charge on any atom is -0.460 e. The first kappa shape index (κ1) is 15.4. The van der Waals surface area contributed by atoms with Crippen LogP contribution in [0.3, 0.4) is 0 Å². The second-order valence-corrected chi connectivity index (χ2v) is 4.39. The zero-order valence-electron chi connectivity index (χ0n) is 11.5. The summed E-state index contributed by atoms with van der Waals surface area (Å²) in [6.07, 6.45) is 1.39. The molecule has 0 aliphatic rings. The molecule has 0 saturated carbocycles. The predicted molar refractivity (Wildman–Crippen MR) is 72.1 cm³/mol. The second-order valence-electron chi connectivity index (χ2n) is 4.39. The van der Waals surface area contributed by atoms with Gasteiger partial charge in [-0.1, -0.05) is 18.2 Å². The minimum atomic E-state index is -0.492. The Morgan fingerprint density at radius 3 is 2.63 bits per heavy atom. The van der Waals surface area contributed by atoms with Crippen LogP contribution in [-0.2, 0) is 14.3 Å². The van der Waals surface area contributed by atoms with Gasteiger partial charge in [0.1, 0.15) is 12.4 Å². The van der Waals surface area contributed by atoms with E-state index in [1.807, 2.05) is 13.8 Å². The molecule has 3 nitrogen and oxygen atoms in total. The van der Waals surface area contributed by atoms with Crippen molar-refractivity contribution < 1.29 is 18.7 Å². The molecule has 0 spiro atoms. The Labute approximate surface area is 113 Å². The van der Waals surface area contributed by atoms with Gasteiger partial charge in [-0.3, -0.25) is 0 Å². The first-order chi connectivity index (χ1) is 9.00.